The van der Waals surface area contributed by atoms with Gasteiger partial charge in [0.1, 0.15) is 23.0 Å². The molecule has 1 aliphatic rings. The highest BCUT2D eigenvalue weighted by molar-refractivity contribution is 7.17. The molecule has 3 aromatic rings. The van der Waals surface area contributed by atoms with E-state index in [0.717, 1.165) is 11.3 Å². The van der Waals surface area contributed by atoms with Crippen molar-refractivity contribution in [2.24, 2.45) is 0 Å². The van der Waals surface area contributed by atoms with Gasteiger partial charge in [0.05, 0.1) is 24.4 Å². The summed E-state index contributed by atoms with van der Waals surface area (Å²) in [7, 11) is 1.53. The molecule has 1 N–H and O–H groups in total. The normalized spacial score (nSPS) is 16.6. The van der Waals surface area contributed by atoms with E-state index in [0.29, 0.717) is 33.2 Å². The number of aliphatic hydroxyl groups excluding tert-OH is 1. The quantitative estimate of drug-likeness (QED) is 0.141. The summed E-state index contributed by atoms with van der Waals surface area (Å²) in [6.45, 7) is 6.91. The van der Waals surface area contributed by atoms with Gasteiger partial charge >= 0.3 is 11.9 Å². The Labute approximate surface area is 222 Å². The maximum Gasteiger partial charge on any atom is 0.350 e. The molecule has 1 aliphatic heterocycles. The number of Topliss-reactive ketones (excluding diaryl/α,β-unsaturated/α-hetero) is 1. The Hall–Kier alpha value is -3.95. The number of ketones is 1. The molecule has 4 rings (SSSR count). The number of anilines is 1. The summed E-state index contributed by atoms with van der Waals surface area (Å²) in [6, 6.07) is 10.6. The first-order valence-electron chi connectivity index (χ1n) is 11.1. The van der Waals surface area contributed by atoms with E-state index in [2.05, 4.69) is 11.6 Å². The number of aromatic nitrogens is 1. The first-order valence-corrected chi connectivity index (χ1v) is 12.3. The van der Waals surface area contributed by atoms with E-state index in [4.69, 9.17) is 21.1 Å². The lowest BCUT2D eigenvalue weighted by atomic mass is 9.94. The number of carbonyl (C=O) groups is 3. The standard InChI is InChI=1S/C27H23ClN2O6S/c1-5-12-36-26(34)24-15(3)29-27(37-24)30-21(16-6-8-17(28)9-7-16)20(23(32)25(30)33)22(31)19-11-10-18(35-4)13-14(19)2/h5-11,13,21,31H,1,12H2,2-4H3/b22-20+. The highest BCUT2D eigenvalue weighted by Gasteiger charge is 2.48. The van der Waals surface area contributed by atoms with Crippen LogP contribution in [0.4, 0.5) is 5.13 Å². The number of hydrogen-bond donors (Lipinski definition) is 1. The van der Waals surface area contributed by atoms with Crippen molar-refractivity contribution in [1.82, 2.24) is 4.98 Å². The minimum atomic E-state index is -1.01. The van der Waals surface area contributed by atoms with E-state index < -0.39 is 23.7 Å². The molecule has 190 valence electrons. The van der Waals surface area contributed by atoms with Crippen molar-refractivity contribution >= 4 is 51.5 Å². The van der Waals surface area contributed by atoms with E-state index in [9.17, 15) is 19.5 Å². The number of carbonyl (C=O) groups excluding carboxylic acids is 3. The zero-order valence-corrected chi connectivity index (χ0v) is 21.9. The average molecular weight is 539 g/mol. The summed E-state index contributed by atoms with van der Waals surface area (Å²) in [5, 5.41) is 11.9. The molecule has 10 heteroatoms. The first-order chi connectivity index (χ1) is 17.7. The summed E-state index contributed by atoms with van der Waals surface area (Å²) in [6.07, 6.45) is 1.44. The summed E-state index contributed by atoms with van der Waals surface area (Å²) in [5.74, 6) is -2.13. The molecule has 0 spiro atoms. The molecule has 0 saturated carbocycles. The van der Waals surface area contributed by atoms with Crippen molar-refractivity contribution in [3.05, 3.63) is 93.0 Å². The number of nitrogens with zero attached hydrogens (tertiary/aromatic N) is 2. The summed E-state index contributed by atoms with van der Waals surface area (Å²) < 4.78 is 10.4. The van der Waals surface area contributed by atoms with Gasteiger partial charge in [-0.15, -0.1) is 0 Å². The Kier molecular flexibility index (Phi) is 7.47. The molecule has 1 unspecified atom stereocenters. The van der Waals surface area contributed by atoms with Gasteiger partial charge in [0, 0.05) is 10.6 Å². The highest BCUT2D eigenvalue weighted by atomic mass is 35.5. The molecule has 1 amide bonds. The van der Waals surface area contributed by atoms with Crippen molar-refractivity contribution < 1.29 is 29.0 Å². The van der Waals surface area contributed by atoms with Crippen LogP contribution >= 0.6 is 22.9 Å². The Bertz CT molecular complexity index is 1440. The van der Waals surface area contributed by atoms with E-state index in [1.54, 1.807) is 56.3 Å². The summed E-state index contributed by atoms with van der Waals surface area (Å²) in [5.41, 5.74) is 1.79. The summed E-state index contributed by atoms with van der Waals surface area (Å²) >= 11 is 7.01. The second-order valence-electron chi connectivity index (χ2n) is 8.20. The Balaban J connectivity index is 1.89. The maximum absolute atomic E-state index is 13.4. The fraction of sp³-hybridized carbons (Fsp3) is 0.185. The van der Waals surface area contributed by atoms with Gasteiger partial charge in [-0.25, -0.2) is 9.78 Å². The number of amides is 1. The molecule has 37 heavy (non-hydrogen) atoms. The fourth-order valence-electron chi connectivity index (χ4n) is 4.04. The molecule has 1 aromatic heterocycles. The third-order valence-electron chi connectivity index (χ3n) is 5.83. The van der Waals surface area contributed by atoms with Crippen LogP contribution in [0, 0.1) is 13.8 Å². The van der Waals surface area contributed by atoms with Gasteiger partial charge in [-0.1, -0.05) is 47.7 Å². The molecule has 1 fully saturated rings. The molecular formula is C27H23ClN2O6S. The number of esters is 1. The molecule has 1 saturated heterocycles. The topological polar surface area (TPSA) is 106 Å². The number of ether oxygens (including phenoxy) is 2. The van der Waals surface area contributed by atoms with Crippen molar-refractivity contribution in [2.45, 2.75) is 19.9 Å². The van der Waals surface area contributed by atoms with Crippen LogP contribution in [-0.2, 0) is 14.3 Å². The monoisotopic (exact) mass is 538 g/mol. The summed E-state index contributed by atoms with van der Waals surface area (Å²) in [4.78, 5) is 45.0. The number of methoxy groups -OCH3 is 1. The Morgan fingerprint density at radius 2 is 1.92 bits per heavy atom. The number of aryl methyl sites for hydroxylation is 2. The minimum absolute atomic E-state index is 0.0159. The van der Waals surface area contributed by atoms with Crippen LogP contribution in [0.25, 0.3) is 5.76 Å². The molecule has 0 radical (unpaired) electrons. The zero-order chi connectivity index (χ0) is 26.9. The Morgan fingerprint density at radius 1 is 1.22 bits per heavy atom. The predicted molar refractivity (Wildman–Crippen MR) is 141 cm³/mol. The fourth-order valence-corrected chi connectivity index (χ4v) is 5.15. The number of halogens is 1. The van der Waals surface area contributed by atoms with Crippen LogP contribution in [0.2, 0.25) is 5.02 Å². The largest absolute Gasteiger partial charge is 0.507 e. The molecule has 0 bridgehead atoms. The van der Waals surface area contributed by atoms with Crippen LogP contribution < -0.4 is 9.64 Å². The second-order valence-corrected chi connectivity index (χ2v) is 9.61. The van der Waals surface area contributed by atoms with E-state index in [-0.39, 0.29) is 27.9 Å². The lowest BCUT2D eigenvalue weighted by Gasteiger charge is -2.23. The molecule has 2 aromatic carbocycles. The molecule has 1 atom stereocenters. The number of rotatable bonds is 7. The SMILES string of the molecule is C=CCOC(=O)c1sc(N2C(=O)C(=O)/C(=C(/O)c3ccc(OC)cc3C)C2c2ccc(Cl)cc2)nc1C. The number of benzene rings is 2. The van der Waals surface area contributed by atoms with Crippen LogP contribution in [0.1, 0.15) is 38.1 Å². The van der Waals surface area contributed by atoms with Crippen LogP contribution in [0.15, 0.2) is 60.7 Å². The highest BCUT2D eigenvalue weighted by Crippen LogP contribution is 2.44. The third kappa shape index (κ3) is 4.87. The molecular weight excluding hydrogens is 516 g/mol. The van der Waals surface area contributed by atoms with E-state index in [1.807, 2.05) is 0 Å². The first kappa shape index (κ1) is 26.1. The van der Waals surface area contributed by atoms with Gasteiger partial charge in [0.25, 0.3) is 5.78 Å². The number of aliphatic hydroxyl groups is 1. The Morgan fingerprint density at radius 3 is 2.54 bits per heavy atom. The zero-order valence-electron chi connectivity index (χ0n) is 20.3. The maximum atomic E-state index is 13.4. The van der Waals surface area contributed by atoms with Crippen molar-refractivity contribution in [1.29, 1.82) is 0 Å². The number of thiazole rings is 1. The van der Waals surface area contributed by atoms with E-state index in [1.165, 1.54) is 18.1 Å². The van der Waals surface area contributed by atoms with Gasteiger partial charge in [-0.05, 0) is 55.3 Å². The van der Waals surface area contributed by atoms with Gasteiger partial charge in [0.15, 0.2) is 5.13 Å². The van der Waals surface area contributed by atoms with Crippen molar-refractivity contribution in [3.8, 4) is 5.75 Å². The lowest BCUT2D eigenvalue weighted by molar-refractivity contribution is -0.132. The molecule has 2 heterocycles. The van der Waals surface area contributed by atoms with Gasteiger partial charge in [-0.3, -0.25) is 14.5 Å². The smallest absolute Gasteiger partial charge is 0.350 e. The lowest BCUT2D eigenvalue weighted by Crippen LogP contribution is -2.29. The van der Waals surface area contributed by atoms with Crippen molar-refractivity contribution in [2.75, 3.05) is 18.6 Å². The van der Waals surface area contributed by atoms with Crippen LogP contribution in [0.3, 0.4) is 0 Å². The molecule has 0 aliphatic carbocycles. The van der Waals surface area contributed by atoms with Crippen LogP contribution in [-0.4, -0.2) is 41.5 Å². The molecule has 8 nitrogen and oxygen atoms in total. The second kappa shape index (κ2) is 10.6. The van der Waals surface area contributed by atoms with Gasteiger partial charge < -0.3 is 14.6 Å². The van der Waals surface area contributed by atoms with Crippen LogP contribution in [0.5, 0.6) is 5.75 Å². The predicted octanol–water partition coefficient (Wildman–Crippen LogP) is 5.39. The van der Waals surface area contributed by atoms with Gasteiger partial charge in [-0.2, -0.15) is 0 Å². The minimum Gasteiger partial charge on any atom is -0.507 e. The van der Waals surface area contributed by atoms with Gasteiger partial charge in [0.2, 0.25) is 0 Å². The average Bonchev–Trinajstić information content (AvgIpc) is 3.39. The van der Waals surface area contributed by atoms with E-state index >= 15 is 0 Å². The van der Waals surface area contributed by atoms with Crippen molar-refractivity contribution in [3.63, 3.8) is 0 Å². The number of hydrogen-bond acceptors (Lipinski definition) is 8. The third-order valence-corrected chi connectivity index (χ3v) is 7.22.